The molecule has 0 heterocycles. The van der Waals surface area contributed by atoms with Gasteiger partial charge in [-0.15, -0.1) is 0 Å². The van der Waals surface area contributed by atoms with E-state index in [0.29, 0.717) is 17.4 Å². The number of carboxylic acids is 1. The maximum atomic E-state index is 13.0. The molecule has 0 aromatic rings. The molecule has 2 unspecified atom stereocenters. The molecule has 93 heavy (non-hydrogen) atoms. The van der Waals surface area contributed by atoms with Gasteiger partial charge in [0, 0.05) is 12.8 Å². The fourth-order valence-electron chi connectivity index (χ4n) is 12.9. The van der Waals surface area contributed by atoms with Gasteiger partial charge < -0.3 is 28.5 Å². The van der Waals surface area contributed by atoms with Crippen LogP contribution in [0.25, 0.3) is 0 Å². The van der Waals surface area contributed by atoms with Gasteiger partial charge >= 0.3 is 17.9 Å². The van der Waals surface area contributed by atoms with Gasteiger partial charge in [0.05, 0.1) is 34.4 Å². The summed E-state index contributed by atoms with van der Waals surface area (Å²) in [4.78, 5) is 37.7. The number of aliphatic carboxylic acids is 1. The Hall–Kier alpha value is -2.23. The Balaban J connectivity index is 3.93. The number of carbonyl (C=O) groups is 3. The van der Waals surface area contributed by atoms with Crippen molar-refractivity contribution in [1.82, 2.24) is 0 Å². The molecular weight excluding hydrogens is 1150 g/mol. The summed E-state index contributed by atoms with van der Waals surface area (Å²) in [6.07, 6.45) is 93.6. The molecule has 0 aromatic heterocycles. The number of unbranched alkanes of at least 4 members (excludes halogenated alkanes) is 60. The summed E-state index contributed by atoms with van der Waals surface area (Å²) in [5.41, 5.74) is 0. The summed E-state index contributed by atoms with van der Waals surface area (Å²) < 4.78 is 23.1. The Morgan fingerprint density at radius 2 is 0.581 bits per heavy atom. The van der Waals surface area contributed by atoms with Crippen molar-refractivity contribution in [3.63, 3.8) is 0 Å². The van der Waals surface area contributed by atoms with Crippen LogP contribution >= 0.6 is 0 Å². The molecule has 0 bridgehead atoms. The highest BCUT2D eigenvalue weighted by Crippen LogP contribution is 2.21. The third-order valence-electron chi connectivity index (χ3n) is 19.2. The first kappa shape index (κ1) is 90.8. The Labute approximate surface area is 579 Å². The third-order valence-corrected chi connectivity index (χ3v) is 19.2. The van der Waals surface area contributed by atoms with Crippen molar-refractivity contribution in [2.45, 2.75) is 450 Å². The Bertz CT molecular complexity index is 1580. The molecule has 0 spiro atoms. The molecule has 0 amide bonds. The largest absolute Gasteiger partial charge is 0.477 e. The molecule has 550 valence electrons. The van der Waals surface area contributed by atoms with Crippen molar-refractivity contribution in [3.05, 3.63) is 24.3 Å². The molecule has 0 rings (SSSR count). The van der Waals surface area contributed by atoms with Gasteiger partial charge in [-0.1, -0.05) is 404 Å². The number of carboxylic acid groups (broad SMARTS) is 1. The SMILES string of the molecule is CCCCCCC/C=C\C/C=C\CCCCCCCCCCCCCCCCCCCCCC(=O)OC(COC(=O)CCCCCCCCCCCCCCCCCCCCCCCCCCCCCCCCCCCCCCC)COC(OCC[N+](C)(C)C)C(=O)O. The highest BCUT2D eigenvalue weighted by Gasteiger charge is 2.25. The number of hydrogen-bond acceptors (Lipinski definition) is 7. The zero-order valence-corrected chi connectivity index (χ0v) is 63.2. The first-order chi connectivity index (χ1) is 45.6. The van der Waals surface area contributed by atoms with Crippen LogP contribution in [0.5, 0.6) is 0 Å². The average molecular weight is 1310 g/mol. The lowest BCUT2D eigenvalue weighted by atomic mass is 10.0. The smallest absolute Gasteiger partial charge is 0.361 e. The van der Waals surface area contributed by atoms with Crippen molar-refractivity contribution >= 4 is 17.9 Å². The van der Waals surface area contributed by atoms with E-state index in [1.165, 1.54) is 366 Å². The number of nitrogens with zero attached hydrogens (tertiary/aromatic N) is 1. The summed E-state index contributed by atoms with van der Waals surface area (Å²) in [5, 5.41) is 9.78. The predicted molar refractivity (Wildman–Crippen MR) is 401 cm³/mol. The zero-order valence-electron chi connectivity index (χ0n) is 63.2. The topological polar surface area (TPSA) is 108 Å². The van der Waals surface area contributed by atoms with Gasteiger partial charge in [-0.2, -0.15) is 0 Å². The average Bonchev–Trinajstić information content (AvgIpc) is 3.38. The van der Waals surface area contributed by atoms with Crippen LogP contribution in [0.1, 0.15) is 438 Å². The van der Waals surface area contributed by atoms with E-state index in [-0.39, 0.29) is 38.2 Å². The van der Waals surface area contributed by atoms with Crippen molar-refractivity contribution in [3.8, 4) is 0 Å². The minimum Gasteiger partial charge on any atom is -0.477 e. The van der Waals surface area contributed by atoms with Gasteiger partial charge in [0.25, 0.3) is 6.29 Å². The van der Waals surface area contributed by atoms with E-state index < -0.39 is 18.4 Å². The Morgan fingerprint density at radius 3 is 0.849 bits per heavy atom. The van der Waals surface area contributed by atoms with Gasteiger partial charge in [-0.05, 0) is 44.9 Å². The van der Waals surface area contributed by atoms with Crippen LogP contribution < -0.4 is 0 Å². The van der Waals surface area contributed by atoms with Crippen LogP contribution in [0.15, 0.2) is 24.3 Å². The lowest BCUT2D eigenvalue weighted by Crippen LogP contribution is -2.40. The van der Waals surface area contributed by atoms with E-state index in [9.17, 15) is 19.5 Å². The Morgan fingerprint density at radius 1 is 0.323 bits per heavy atom. The number of ether oxygens (including phenoxy) is 4. The summed E-state index contributed by atoms with van der Waals surface area (Å²) >= 11 is 0. The van der Waals surface area contributed by atoms with Crippen molar-refractivity contribution < 1.29 is 42.9 Å². The molecule has 0 radical (unpaired) electrons. The second-order valence-corrected chi connectivity index (χ2v) is 29.8. The second-order valence-electron chi connectivity index (χ2n) is 29.8. The minimum atomic E-state index is -1.51. The fourth-order valence-corrected chi connectivity index (χ4v) is 12.9. The van der Waals surface area contributed by atoms with E-state index >= 15 is 0 Å². The maximum Gasteiger partial charge on any atom is 0.361 e. The molecule has 0 fully saturated rings. The van der Waals surface area contributed by atoms with Gasteiger partial charge in [0.2, 0.25) is 0 Å². The minimum absolute atomic E-state index is 0.174. The monoisotopic (exact) mass is 1310 g/mol. The molecular formula is C84H162NO8+. The van der Waals surface area contributed by atoms with Crippen LogP contribution in [0.2, 0.25) is 0 Å². The lowest BCUT2D eigenvalue weighted by Gasteiger charge is -2.25. The predicted octanol–water partition coefficient (Wildman–Crippen LogP) is 26.5. The third kappa shape index (κ3) is 77.0. The number of rotatable bonds is 79. The van der Waals surface area contributed by atoms with Gasteiger partial charge in [0.15, 0.2) is 6.10 Å². The van der Waals surface area contributed by atoms with E-state index in [0.717, 1.165) is 44.9 Å². The van der Waals surface area contributed by atoms with E-state index in [1.807, 2.05) is 21.1 Å². The van der Waals surface area contributed by atoms with Crippen LogP contribution in [0.4, 0.5) is 0 Å². The van der Waals surface area contributed by atoms with Crippen LogP contribution in [-0.4, -0.2) is 87.4 Å². The van der Waals surface area contributed by atoms with Gasteiger partial charge in [0.1, 0.15) is 13.2 Å². The number of carbonyl (C=O) groups excluding carboxylic acids is 2. The van der Waals surface area contributed by atoms with Crippen molar-refractivity contribution in [2.24, 2.45) is 0 Å². The fraction of sp³-hybridized carbons (Fsp3) is 0.917. The molecule has 0 saturated heterocycles. The van der Waals surface area contributed by atoms with Crippen molar-refractivity contribution in [2.75, 3.05) is 47.5 Å². The number of esters is 2. The highest BCUT2D eigenvalue weighted by molar-refractivity contribution is 5.71. The molecule has 0 aliphatic heterocycles. The van der Waals surface area contributed by atoms with Gasteiger partial charge in [-0.25, -0.2) is 4.79 Å². The number of allylic oxidation sites excluding steroid dienone is 4. The molecule has 2 atom stereocenters. The zero-order chi connectivity index (χ0) is 67.5. The lowest BCUT2D eigenvalue weighted by molar-refractivity contribution is -0.870. The summed E-state index contributed by atoms with van der Waals surface area (Å²) in [7, 11) is 6.00. The first-order valence-electron chi connectivity index (χ1n) is 41.5. The second kappa shape index (κ2) is 75.5. The van der Waals surface area contributed by atoms with Crippen LogP contribution in [-0.2, 0) is 33.3 Å². The van der Waals surface area contributed by atoms with Crippen LogP contribution in [0, 0.1) is 0 Å². The van der Waals surface area contributed by atoms with Gasteiger partial charge in [-0.3, -0.25) is 9.59 Å². The molecule has 9 nitrogen and oxygen atoms in total. The van der Waals surface area contributed by atoms with E-state index in [4.69, 9.17) is 18.9 Å². The molecule has 0 aliphatic carbocycles. The molecule has 1 N–H and O–H groups in total. The quantitative estimate of drug-likeness (QED) is 0.0211. The number of hydrogen-bond donors (Lipinski definition) is 1. The molecule has 0 saturated carbocycles. The molecule has 0 aromatic carbocycles. The van der Waals surface area contributed by atoms with E-state index in [2.05, 4.69) is 38.2 Å². The summed E-state index contributed by atoms with van der Waals surface area (Å²) in [5.74, 6) is -1.97. The summed E-state index contributed by atoms with van der Waals surface area (Å²) in [6.45, 7) is 4.96. The maximum absolute atomic E-state index is 13.0. The van der Waals surface area contributed by atoms with Crippen molar-refractivity contribution in [1.29, 1.82) is 0 Å². The molecule has 9 heteroatoms. The molecule has 0 aliphatic rings. The summed E-state index contributed by atoms with van der Waals surface area (Å²) in [6, 6.07) is 0. The highest BCUT2D eigenvalue weighted by atomic mass is 16.7. The normalized spacial score (nSPS) is 12.7. The number of quaternary nitrogens is 1. The van der Waals surface area contributed by atoms with Crippen LogP contribution in [0.3, 0.4) is 0 Å². The first-order valence-corrected chi connectivity index (χ1v) is 41.5. The Kier molecular flexibility index (Phi) is 73.7. The number of likely N-dealkylation sites (N-methyl/N-ethyl adjacent to an activating group) is 1. The van der Waals surface area contributed by atoms with E-state index in [1.54, 1.807) is 0 Å². The standard InChI is InChI=1S/C84H161NO8/c1-6-8-10-12-14-16-18-20-22-24-26-28-30-32-34-36-38-39-40-41-42-43-45-46-48-50-52-54-56-58-60-62-64-66-68-70-72-74-81(86)91-78-80(79-92-84(83(88)89)90-77-76-85(3,4)5)93-82(87)75-73-71-69-67-65-63-61-59-57-55-53-51-49-47-44-37-35-33-31-29-27-25-23-21-19-17-15-13-11-9-7-2/h19,21,25,27,80,84H,6-18,20,22-24,26,28-79H2,1-5H3/p+1/b21-19-,27-25-.